The van der Waals surface area contributed by atoms with Crippen LogP contribution in [0.3, 0.4) is 0 Å². The molecule has 1 fully saturated rings. The van der Waals surface area contributed by atoms with Gasteiger partial charge in [-0.05, 0) is 43.5 Å². The van der Waals surface area contributed by atoms with Gasteiger partial charge in [0.1, 0.15) is 6.42 Å². The summed E-state index contributed by atoms with van der Waals surface area (Å²) in [7, 11) is -1.50. The zero-order chi connectivity index (χ0) is 17.2. The van der Waals surface area contributed by atoms with Crippen molar-refractivity contribution in [3.63, 3.8) is 0 Å². The Morgan fingerprint density at radius 2 is 1.83 bits per heavy atom. The predicted molar refractivity (Wildman–Crippen MR) is 89.0 cm³/mol. The van der Waals surface area contributed by atoms with E-state index in [1.807, 2.05) is 32.0 Å². The predicted octanol–water partition coefficient (Wildman–Crippen LogP) is 1.28. The van der Waals surface area contributed by atoms with Gasteiger partial charge in [-0.3, -0.25) is 9.59 Å². The maximum Gasteiger partial charge on any atom is 0.233 e. The summed E-state index contributed by atoms with van der Waals surface area (Å²) < 4.78 is 23.0. The molecule has 7 heteroatoms. The second-order valence-corrected chi connectivity index (χ2v) is 8.39. The lowest BCUT2D eigenvalue weighted by Gasteiger charge is -2.23. The standard InChI is InChI=1S/C16H22N2O4S/c1-11-6-12(2)8-13(7-11)17-15(19)9-16(20)18(3)14-4-5-23(21,22)10-14/h6-8,14H,4-5,9-10H2,1-3H3,(H,17,19). The minimum atomic E-state index is -3.05. The second-order valence-electron chi connectivity index (χ2n) is 6.16. The fourth-order valence-corrected chi connectivity index (χ4v) is 4.57. The van der Waals surface area contributed by atoms with Gasteiger partial charge in [0, 0.05) is 18.8 Å². The molecular formula is C16H22N2O4S. The van der Waals surface area contributed by atoms with Crippen LogP contribution in [0.2, 0.25) is 0 Å². The number of aryl methyl sites for hydroxylation is 2. The zero-order valence-corrected chi connectivity index (χ0v) is 14.4. The molecule has 1 aliphatic rings. The number of nitrogens with zero attached hydrogens (tertiary/aromatic N) is 1. The van der Waals surface area contributed by atoms with Crippen LogP contribution in [0.1, 0.15) is 24.0 Å². The van der Waals surface area contributed by atoms with Crippen LogP contribution in [-0.4, -0.2) is 49.7 Å². The van der Waals surface area contributed by atoms with Crippen LogP contribution >= 0.6 is 0 Å². The highest BCUT2D eigenvalue weighted by molar-refractivity contribution is 7.91. The smallest absolute Gasteiger partial charge is 0.233 e. The van der Waals surface area contributed by atoms with Crippen molar-refractivity contribution in [3.8, 4) is 0 Å². The minimum Gasteiger partial charge on any atom is -0.341 e. The molecule has 1 saturated heterocycles. The maximum absolute atomic E-state index is 12.1. The van der Waals surface area contributed by atoms with E-state index < -0.39 is 15.7 Å². The van der Waals surface area contributed by atoms with Crippen LogP contribution in [-0.2, 0) is 19.4 Å². The largest absolute Gasteiger partial charge is 0.341 e. The molecule has 0 aromatic heterocycles. The number of carbonyl (C=O) groups excluding carboxylic acids is 2. The number of hydrogen-bond acceptors (Lipinski definition) is 4. The van der Waals surface area contributed by atoms with Crippen molar-refractivity contribution >= 4 is 27.3 Å². The van der Waals surface area contributed by atoms with Crippen LogP contribution in [0.4, 0.5) is 5.69 Å². The summed E-state index contributed by atoms with van der Waals surface area (Å²) in [6.07, 6.45) is 0.142. The van der Waals surface area contributed by atoms with E-state index >= 15 is 0 Å². The van der Waals surface area contributed by atoms with Crippen LogP contribution in [0.5, 0.6) is 0 Å². The Kier molecular flexibility index (Phi) is 5.09. The zero-order valence-electron chi connectivity index (χ0n) is 13.6. The fourth-order valence-electron chi connectivity index (χ4n) is 2.80. The van der Waals surface area contributed by atoms with E-state index in [1.165, 1.54) is 4.90 Å². The number of hydrogen-bond donors (Lipinski definition) is 1. The molecule has 0 saturated carbocycles. The molecule has 126 valence electrons. The molecular weight excluding hydrogens is 316 g/mol. The molecule has 2 amide bonds. The topological polar surface area (TPSA) is 83.6 Å². The summed E-state index contributed by atoms with van der Waals surface area (Å²) in [6, 6.07) is 5.34. The molecule has 0 spiro atoms. The highest BCUT2D eigenvalue weighted by atomic mass is 32.2. The third-order valence-electron chi connectivity index (χ3n) is 3.97. The van der Waals surface area contributed by atoms with Crippen LogP contribution in [0.15, 0.2) is 18.2 Å². The van der Waals surface area contributed by atoms with Gasteiger partial charge in [-0.15, -0.1) is 0 Å². The van der Waals surface area contributed by atoms with Gasteiger partial charge in [0.25, 0.3) is 0 Å². The number of nitrogens with one attached hydrogen (secondary N) is 1. The van der Waals surface area contributed by atoms with E-state index in [0.717, 1.165) is 11.1 Å². The van der Waals surface area contributed by atoms with Gasteiger partial charge in [0.05, 0.1) is 11.5 Å². The van der Waals surface area contributed by atoms with Crippen molar-refractivity contribution in [2.45, 2.75) is 32.7 Å². The first-order chi connectivity index (χ1) is 10.7. The first-order valence-electron chi connectivity index (χ1n) is 7.50. The Labute approximate surface area is 136 Å². The average Bonchev–Trinajstić information content (AvgIpc) is 2.76. The minimum absolute atomic E-state index is 0.0199. The summed E-state index contributed by atoms with van der Waals surface area (Å²) in [5.41, 5.74) is 2.71. The SMILES string of the molecule is Cc1cc(C)cc(NC(=O)CC(=O)N(C)C2CCS(=O)(=O)C2)c1. The van der Waals surface area contributed by atoms with Crippen LogP contribution in [0, 0.1) is 13.8 Å². The molecule has 0 aliphatic carbocycles. The monoisotopic (exact) mass is 338 g/mol. The van der Waals surface area contributed by atoms with Gasteiger partial charge in [-0.1, -0.05) is 6.07 Å². The number of rotatable bonds is 4. The number of anilines is 1. The molecule has 2 rings (SSSR count). The van der Waals surface area contributed by atoms with Gasteiger partial charge in [0.15, 0.2) is 9.84 Å². The lowest BCUT2D eigenvalue weighted by Crippen LogP contribution is -2.39. The third kappa shape index (κ3) is 4.79. The van der Waals surface area contributed by atoms with Crippen molar-refractivity contribution in [2.24, 2.45) is 0 Å². The highest BCUT2D eigenvalue weighted by Crippen LogP contribution is 2.18. The van der Waals surface area contributed by atoms with Gasteiger partial charge < -0.3 is 10.2 Å². The third-order valence-corrected chi connectivity index (χ3v) is 5.72. The summed E-state index contributed by atoms with van der Waals surface area (Å²) in [4.78, 5) is 25.5. The molecule has 0 radical (unpaired) electrons. The van der Waals surface area contributed by atoms with Crippen molar-refractivity contribution in [1.82, 2.24) is 4.90 Å². The van der Waals surface area contributed by atoms with E-state index in [0.29, 0.717) is 12.1 Å². The molecule has 1 unspecified atom stereocenters. The highest BCUT2D eigenvalue weighted by Gasteiger charge is 2.33. The van der Waals surface area contributed by atoms with Crippen molar-refractivity contribution in [2.75, 3.05) is 23.9 Å². The number of amides is 2. The number of carbonyl (C=O) groups is 2. The van der Waals surface area contributed by atoms with E-state index in [9.17, 15) is 18.0 Å². The molecule has 1 aliphatic heterocycles. The Morgan fingerprint density at radius 1 is 1.22 bits per heavy atom. The van der Waals surface area contributed by atoms with E-state index in [4.69, 9.17) is 0 Å². The molecule has 1 aromatic rings. The van der Waals surface area contributed by atoms with Crippen molar-refractivity contribution in [1.29, 1.82) is 0 Å². The van der Waals surface area contributed by atoms with Gasteiger partial charge in [0.2, 0.25) is 11.8 Å². The summed E-state index contributed by atoms with van der Waals surface area (Å²) in [5, 5.41) is 2.71. The average molecular weight is 338 g/mol. The number of benzene rings is 1. The van der Waals surface area contributed by atoms with E-state index in [2.05, 4.69) is 5.32 Å². The molecule has 23 heavy (non-hydrogen) atoms. The van der Waals surface area contributed by atoms with Crippen molar-refractivity contribution in [3.05, 3.63) is 29.3 Å². The summed E-state index contributed by atoms with van der Waals surface area (Å²) in [6.45, 7) is 3.87. The normalized spacial score (nSPS) is 19.3. The van der Waals surface area contributed by atoms with Crippen molar-refractivity contribution < 1.29 is 18.0 Å². The lowest BCUT2D eigenvalue weighted by molar-refractivity contribution is -0.134. The van der Waals surface area contributed by atoms with E-state index in [-0.39, 0.29) is 29.9 Å². The Morgan fingerprint density at radius 3 is 2.35 bits per heavy atom. The summed E-state index contributed by atoms with van der Waals surface area (Å²) in [5.74, 6) is -0.681. The molecule has 0 bridgehead atoms. The molecule has 1 N–H and O–H groups in total. The second kappa shape index (κ2) is 6.70. The fraction of sp³-hybridized carbons (Fsp3) is 0.500. The molecule has 1 heterocycles. The Bertz CT molecular complexity index is 707. The number of sulfone groups is 1. The van der Waals surface area contributed by atoms with Crippen LogP contribution in [0.25, 0.3) is 0 Å². The summed E-state index contributed by atoms with van der Waals surface area (Å²) >= 11 is 0. The molecule has 1 aromatic carbocycles. The van der Waals surface area contributed by atoms with Gasteiger partial charge in [-0.25, -0.2) is 8.42 Å². The Balaban J connectivity index is 1.93. The van der Waals surface area contributed by atoms with Crippen LogP contribution < -0.4 is 5.32 Å². The first-order valence-corrected chi connectivity index (χ1v) is 9.32. The lowest BCUT2D eigenvalue weighted by atomic mass is 10.1. The van der Waals surface area contributed by atoms with Gasteiger partial charge in [-0.2, -0.15) is 0 Å². The molecule has 6 nitrogen and oxygen atoms in total. The van der Waals surface area contributed by atoms with E-state index in [1.54, 1.807) is 7.05 Å². The van der Waals surface area contributed by atoms with Gasteiger partial charge >= 0.3 is 0 Å². The quantitative estimate of drug-likeness (QED) is 0.838. The first kappa shape index (κ1) is 17.5. The Hall–Kier alpha value is -1.89. The maximum atomic E-state index is 12.1. The molecule has 1 atom stereocenters.